The molecule has 4 aromatic heterocycles. The van der Waals surface area contributed by atoms with Crippen molar-refractivity contribution in [2.24, 2.45) is 0 Å². The average Bonchev–Trinajstić information content (AvgIpc) is 3.84. The maximum absolute atomic E-state index is 5.15. The first-order valence-electron chi connectivity index (χ1n) is 17.7. The Labute approximate surface area is 298 Å². The van der Waals surface area contributed by atoms with Crippen molar-refractivity contribution in [3.8, 4) is 44.9 Å². The van der Waals surface area contributed by atoms with E-state index in [4.69, 9.17) is 4.98 Å². The summed E-state index contributed by atoms with van der Waals surface area (Å²) in [5, 5.41) is 9.85. The molecule has 0 bridgehead atoms. The second-order valence-corrected chi connectivity index (χ2v) is 13.8. The van der Waals surface area contributed by atoms with E-state index in [-0.39, 0.29) is 0 Å². The molecule has 0 saturated heterocycles. The van der Waals surface area contributed by atoms with Gasteiger partial charge in [0.25, 0.3) is 0 Å². The summed E-state index contributed by atoms with van der Waals surface area (Å²) in [6.07, 6.45) is 5.97. The number of hydrogen-bond acceptors (Lipinski definition) is 2. The van der Waals surface area contributed by atoms with E-state index in [1.165, 1.54) is 76.7 Å². The predicted octanol–water partition coefficient (Wildman–Crippen LogP) is 12.3. The van der Waals surface area contributed by atoms with Gasteiger partial charge in [-0.25, -0.2) is 4.98 Å². The zero-order chi connectivity index (χ0) is 33.9. The van der Waals surface area contributed by atoms with Gasteiger partial charge in [0.05, 0.1) is 22.1 Å². The molecule has 0 aliphatic heterocycles. The van der Waals surface area contributed by atoms with Crippen molar-refractivity contribution in [3.05, 3.63) is 170 Å². The van der Waals surface area contributed by atoms with Crippen LogP contribution in [0.1, 0.15) is 0 Å². The van der Waals surface area contributed by atoms with Gasteiger partial charge in [-0.1, -0.05) is 97.1 Å². The standard InChI is InChI=1S/C48H28N4/c1-2-11-33(12-3-1)51-42-16-7-6-14-35(42)38-23-30(18-20-43(38)51)31-19-21-44-39(24-31)48-34-13-5-4-9-29(34)17-22-45(48)52(44)46-25-37-36-15-8-10-32-26-49-27-41(47(32)36)40(37)28-50-46/h1-28H. The molecular weight excluding hydrogens is 633 g/mol. The van der Waals surface area contributed by atoms with Crippen molar-refractivity contribution < 1.29 is 0 Å². The SMILES string of the molecule is c1ccc(-n2c3ccccc3c3cc(-c4ccc5c(c4)c4c6ccccc6ccc4n5-c4cc5c(cn4)-c4cncc6cccc-5c46)ccc32)cc1. The van der Waals surface area contributed by atoms with Crippen molar-refractivity contribution in [2.45, 2.75) is 0 Å². The fourth-order valence-corrected chi connectivity index (χ4v) is 8.89. The number of pyridine rings is 2. The lowest BCUT2D eigenvalue weighted by molar-refractivity contribution is 1.08. The third-order valence-corrected chi connectivity index (χ3v) is 11.2. The molecule has 4 nitrogen and oxygen atoms in total. The number of rotatable bonds is 3. The highest BCUT2D eigenvalue weighted by Gasteiger charge is 2.24. The highest BCUT2D eigenvalue weighted by molar-refractivity contribution is 6.22. The van der Waals surface area contributed by atoms with Gasteiger partial charge in [0.2, 0.25) is 0 Å². The molecule has 0 radical (unpaired) electrons. The van der Waals surface area contributed by atoms with E-state index >= 15 is 0 Å². The van der Waals surface area contributed by atoms with Crippen LogP contribution in [0.25, 0.3) is 110 Å². The molecule has 240 valence electrons. The van der Waals surface area contributed by atoms with Crippen molar-refractivity contribution in [1.29, 1.82) is 0 Å². The van der Waals surface area contributed by atoms with Crippen molar-refractivity contribution >= 4 is 65.2 Å². The van der Waals surface area contributed by atoms with Crippen LogP contribution in [-0.2, 0) is 0 Å². The van der Waals surface area contributed by atoms with E-state index in [1.54, 1.807) is 0 Å². The largest absolute Gasteiger partial charge is 0.309 e. The predicted molar refractivity (Wildman–Crippen MR) is 216 cm³/mol. The summed E-state index contributed by atoms with van der Waals surface area (Å²) >= 11 is 0. The van der Waals surface area contributed by atoms with Gasteiger partial charge in [0, 0.05) is 67.7 Å². The first-order valence-corrected chi connectivity index (χ1v) is 17.7. The number of fused-ring (bicyclic) bond motifs is 11. The summed E-state index contributed by atoms with van der Waals surface area (Å²) in [5.74, 6) is 0.912. The van der Waals surface area contributed by atoms with Gasteiger partial charge in [-0.3, -0.25) is 9.55 Å². The highest BCUT2D eigenvalue weighted by atomic mass is 15.1. The molecular formula is C48H28N4. The zero-order valence-corrected chi connectivity index (χ0v) is 28.0. The van der Waals surface area contributed by atoms with Crippen LogP contribution in [0.2, 0.25) is 0 Å². The summed E-state index contributed by atoms with van der Waals surface area (Å²) in [6.45, 7) is 0. The van der Waals surface area contributed by atoms with Crippen molar-refractivity contribution in [2.75, 3.05) is 0 Å². The molecule has 1 aliphatic rings. The van der Waals surface area contributed by atoms with Crippen molar-refractivity contribution in [3.63, 3.8) is 0 Å². The minimum atomic E-state index is 0.912. The molecule has 11 aromatic rings. The fourth-order valence-electron chi connectivity index (χ4n) is 8.89. The van der Waals surface area contributed by atoms with Gasteiger partial charge in [0.1, 0.15) is 5.82 Å². The number of aromatic nitrogens is 4. The summed E-state index contributed by atoms with van der Waals surface area (Å²) < 4.78 is 4.72. The Morgan fingerprint density at radius 3 is 1.96 bits per heavy atom. The van der Waals surface area contributed by atoms with Gasteiger partial charge >= 0.3 is 0 Å². The number of nitrogens with zero attached hydrogens (tertiary/aromatic N) is 4. The Bertz CT molecular complexity index is 3290. The van der Waals surface area contributed by atoms with Crippen LogP contribution in [-0.4, -0.2) is 19.1 Å². The lowest BCUT2D eigenvalue weighted by Crippen LogP contribution is -1.98. The molecule has 0 saturated carbocycles. The minimum Gasteiger partial charge on any atom is -0.309 e. The van der Waals surface area contributed by atoms with Crippen molar-refractivity contribution in [1.82, 2.24) is 19.1 Å². The molecule has 4 heterocycles. The van der Waals surface area contributed by atoms with E-state index < -0.39 is 0 Å². The van der Waals surface area contributed by atoms with E-state index in [9.17, 15) is 0 Å². The molecule has 0 unspecified atom stereocenters. The van der Waals surface area contributed by atoms with Crippen LogP contribution < -0.4 is 0 Å². The third kappa shape index (κ3) is 3.70. The van der Waals surface area contributed by atoms with Gasteiger partial charge in [-0.15, -0.1) is 0 Å². The lowest BCUT2D eigenvalue weighted by Gasteiger charge is -2.10. The maximum Gasteiger partial charge on any atom is 0.138 e. The zero-order valence-electron chi connectivity index (χ0n) is 28.0. The molecule has 0 fully saturated rings. The van der Waals surface area contributed by atoms with Gasteiger partial charge in [-0.05, 0) is 87.6 Å². The fraction of sp³-hybridized carbons (Fsp3) is 0. The third-order valence-electron chi connectivity index (χ3n) is 11.2. The second kappa shape index (κ2) is 10.3. The van der Waals surface area contributed by atoms with Crippen LogP contribution in [0.4, 0.5) is 0 Å². The smallest absolute Gasteiger partial charge is 0.138 e. The Morgan fingerprint density at radius 2 is 1.08 bits per heavy atom. The van der Waals surface area contributed by atoms with Crippen LogP contribution >= 0.6 is 0 Å². The van der Waals surface area contributed by atoms with Crippen LogP contribution in [0.15, 0.2) is 170 Å². The molecule has 7 aromatic carbocycles. The number of hydrogen-bond donors (Lipinski definition) is 0. The molecule has 12 rings (SSSR count). The molecule has 0 spiro atoms. The molecule has 1 aliphatic carbocycles. The summed E-state index contributed by atoms with van der Waals surface area (Å²) in [5.41, 5.74) is 13.0. The Balaban J connectivity index is 1.10. The van der Waals surface area contributed by atoms with Gasteiger partial charge in [0.15, 0.2) is 0 Å². The van der Waals surface area contributed by atoms with E-state index in [2.05, 4.69) is 166 Å². The molecule has 0 atom stereocenters. The van der Waals surface area contributed by atoms with E-state index in [0.29, 0.717) is 0 Å². The summed E-state index contributed by atoms with van der Waals surface area (Å²) in [7, 11) is 0. The molecule has 0 N–H and O–H groups in total. The quantitative estimate of drug-likeness (QED) is 0.189. The monoisotopic (exact) mass is 660 g/mol. The normalized spacial score (nSPS) is 12.2. The van der Waals surface area contributed by atoms with Gasteiger partial charge < -0.3 is 4.57 Å². The minimum absolute atomic E-state index is 0.912. The van der Waals surface area contributed by atoms with Crippen LogP contribution in [0.3, 0.4) is 0 Å². The van der Waals surface area contributed by atoms with Crippen LogP contribution in [0, 0.1) is 0 Å². The Morgan fingerprint density at radius 1 is 0.365 bits per heavy atom. The van der Waals surface area contributed by atoms with E-state index in [0.717, 1.165) is 33.4 Å². The summed E-state index contributed by atoms with van der Waals surface area (Å²) in [4.78, 5) is 9.69. The molecule has 4 heteroatoms. The number of para-hydroxylation sites is 2. The maximum atomic E-state index is 5.15. The van der Waals surface area contributed by atoms with E-state index in [1.807, 2.05) is 18.6 Å². The first kappa shape index (κ1) is 27.7. The lowest BCUT2D eigenvalue weighted by atomic mass is 9.99. The highest BCUT2D eigenvalue weighted by Crippen LogP contribution is 2.48. The Hall–Kier alpha value is -7.04. The van der Waals surface area contributed by atoms with Gasteiger partial charge in [-0.2, -0.15) is 0 Å². The average molecular weight is 661 g/mol. The van der Waals surface area contributed by atoms with Crippen LogP contribution in [0.5, 0.6) is 0 Å². The Kier molecular flexibility index (Phi) is 5.47. The first-order chi connectivity index (χ1) is 25.8. The topological polar surface area (TPSA) is 35.6 Å². The second-order valence-electron chi connectivity index (χ2n) is 13.8. The number of benzene rings is 7. The summed E-state index contributed by atoms with van der Waals surface area (Å²) in [6, 6.07) is 55.2. The molecule has 0 amide bonds. The molecule has 52 heavy (non-hydrogen) atoms.